The fourth-order valence-electron chi connectivity index (χ4n) is 3.55. The molecule has 1 fully saturated rings. The number of rotatable bonds is 9. The molecule has 0 N–H and O–H groups in total. The van der Waals surface area contributed by atoms with Crippen molar-refractivity contribution in [1.29, 1.82) is 5.26 Å². The van der Waals surface area contributed by atoms with Crippen LogP contribution in [-0.4, -0.2) is 6.61 Å². The Morgan fingerprint density at radius 1 is 1.08 bits per heavy atom. The summed E-state index contributed by atoms with van der Waals surface area (Å²) in [5.74, 6) is 2.54. The molecule has 1 saturated carbocycles. The minimum absolute atomic E-state index is 0.614. The molecule has 0 saturated heterocycles. The summed E-state index contributed by atoms with van der Waals surface area (Å²) in [5.41, 5.74) is 0.671. The van der Waals surface area contributed by atoms with E-state index in [1.54, 1.807) is 12.1 Å². The molecule has 2 heteroatoms. The van der Waals surface area contributed by atoms with Crippen LogP contribution in [0.5, 0.6) is 5.75 Å². The Kier molecular flexibility index (Phi) is 8.46. The maximum atomic E-state index is 8.78. The van der Waals surface area contributed by atoms with E-state index in [2.05, 4.69) is 25.1 Å². The molecule has 24 heavy (non-hydrogen) atoms. The van der Waals surface area contributed by atoms with Crippen LogP contribution in [0.25, 0.3) is 0 Å². The normalized spacial score (nSPS) is 20.8. The van der Waals surface area contributed by atoms with Crippen LogP contribution in [0.15, 0.2) is 36.4 Å². The van der Waals surface area contributed by atoms with Crippen molar-refractivity contribution in [1.82, 2.24) is 0 Å². The van der Waals surface area contributed by atoms with E-state index in [0.717, 1.165) is 17.6 Å². The van der Waals surface area contributed by atoms with E-state index in [1.807, 2.05) is 12.1 Å². The van der Waals surface area contributed by atoms with Gasteiger partial charge in [0.05, 0.1) is 11.6 Å². The first kappa shape index (κ1) is 18.6. The monoisotopic (exact) mass is 325 g/mol. The largest absolute Gasteiger partial charge is 0.490 e. The van der Waals surface area contributed by atoms with Crippen LogP contribution in [-0.2, 0) is 0 Å². The molecule has 0 unspecified atom stereocenters. The average molecular weight is 325 g/mol. The van der Waals surface area contributed by atoms with Gasteiger partial charge in [0, 0.05) is 0 Å². The van der Waals surface area contributed by atoms with Crippen molar-refractivity contribution in [2.24, 2.45) is 11.8 Å². The van der Waals surface area contributed by atoms with E-state index < -0.39 is 0 Å². The first-order valence-electron chi connectivity index (χ1n) is 9.61. The van der Waals surface area contributed by atoms with Crippen LogP contribution >= 0.6 is 0 Å². The molecule has 0 aromatic heterocycles. The summed E-state index contributed by atoms with van der Waals surface area (Å²) < 4.78 is 5.70. The lowest BCUT2D eigenvalue weighted by molar-refractivity contribution is 0.287. The molecular weight excluding hydrogens is 294 g/mol. The lowest BCUT2D eigenvalue weighted by atomic mass is 9.79. The molecule has 2 nitrogen and oxygen atoms in total. The fraction of sp³-hybridized carbons (Fsp3) is 0.591. The van der Waals surface area contributed by atoms with E-state index in [1.165, 1.54) is 57.8 Å². The Labute approximate surface area is 147 Å². The zero-order valence-electron chi connectivity index (χ0n) is 15.0. The Morgan fingerprint density at radius 2 is 1.83 bits per heavy atom. The number of nitriles is 1. The van der Waals surface area contributed by atoms with Crippen LogP contribution in [0.2, 0.25) is 0 Å². The molecule has 0 heterocycles. The molecule has 0 amide bonds. The van der Waals surface area contributed by atoms with Gasteiger partial charge in [-0.1, -0.05) is 51.2 Å². The Hall–Kier alpha value is -1.75. The van der Waals surface area contributed by atoms with Crippen LogP contribution in [0.4, 0.5) is 0 Å². The summed E-state index contributed by atoms with van der Waals surface area (Å²) in [6, 6.07) is 9.42. The maximum Gasteiger partial charge on any atom is 0.119 e. The Balaban J connectivity index is 1.59. The molecule has 1 aliphatic rings. The van der Waals surface area contributed by atoms with Crippen molar-refractivity contribution in [3.8, 4) is 11.8 Å². The third kappa shape index (κ3) is 6.79. The molecule has 1 aromatic rings. The highest BCUT2D eigenvalue weighted by atomic mass is 16.5. The van der Waals surface area contributed by atoms with Gasteiger partial charge in [-0.25, -0.2) is 0 Å². The minimum atomic E-state index is 0.614. The highest BCUT2D eigenvalue weighted by Gasteiger charge is 2.18. The Bertz CT molecular complexity index is 518. The van der Waals surface area contributed by atoms with Crippen molar-refractivity contribution >= 4 is 0 Å². The minimum Gasteiger partial charge on any atom is -0.490 e. The lowest BCUT2D eigenvalue weighted by Gasteiger charge is -2.26. The van der Waals surface area contributed by atoms with E-state index in [9.17, 15) is 0 Å². The van der Waals surface area contributed by atoms with Gasteiger partial charge in [-0.3, -0.25) is 0 Å². The van der Waals surface area contributed by atoms with Gasteiger partial charge in [0.15, 0.2) is 0 Å². The van der Waals surface area contributed by atoms with Crippen molar-refractivity contribution in [3.63, 3.8) is 0 Å². The van der Waals surface area contributed by atoms with Gasteiger partial charge in [0.1, 0.15) is 12.4 Å². The summed E-state index contributed by atoms with van der Waals surface area (Å²) >= 11 is 0. The third-order valence-electron chi connectivity index (χ3n) is 5.10. The second-order valence-corrected chi connectivity index (χ2v) is 7.01. The highest BCUT2D eigenvalue weighted by Crippen LogP contribution is 2.32. The van der Waals surface area contributed by atoms with Crippen LogP contribution in [0.3, 0.4) is 0 Å². The van der Waals surface area contributed by atoms with Crippen molar-refractivity contribution in [3.05, 3.63) is 42.0 Å². The van der Waals surface area contributed by atoms with Crippen molar-refractivity contribution in [2.45, 2.75) is 64.7 Å². The van der Waals surface area contributed by atoms with Gasteiger partial charge in [0.2, 0.25) is 0 Å². The van der Waals surface area contributed by atoms with Gasteiger partial charge in [0.25, 0.3) is 0 Å². The SMILES string of the molecule is CCCCCCC1CCC(/C=C/COc2ccc(C#N)cc2)CC1. The zero-order chi connectivity index (χ0) is 17.0. The quantitative estimate of drug-likeness (QED) is 0.396. The zero-order valence-corrected chi connectivity index (χ0v) is 15.0. The smallest absolute Gasteiger partial charge is 0.119 e. The molecule has 1 aliphatic carbocycles. The number of hydrogen-bond donors (Lipinski definition) is 0. The molecule has 0 atom stereocenters. The number of benzene rings is 1. The van der Waals surface area contributed by atoms with Gasteiger partial charge in [-0.15, -0.1) is 0 Å². The number of unbranched alkanes of at least 4 members (excludes halogenated alkanes) is 3. The molecule has 0 aliphatic heterocycles. The fourth-order valence-corrected chi connectivity index (χ4v) is 3.55. The molecule has 0 spiro atoms. The number of nitrogens with zero attached hydrogens (tertiary/aromatic N) is 1. The first-order chi connectivity index (χ1) is 11.8. The van der Waals surface area contributed by atoms with Crippen LogP contribution < -0.4 is 4.74 Å². The van der Waals surface area contributed by atoms with Crippen molar-refractivity contribution < 1.29 is 4.74 Å². The highest BCUT2D eigenvalue weighted by molar-refractivity contribution is 5.34. The van der Waals surface area contributed by atoms with Gasteiger partial charge in [-0.2, -0.15) is 5.26 Å². The summed E-state index contributed by atoms with van der Waals surface area (Å²) in [4.78, 5) is 0. The molecule has 130 valence electrons. The van der Waals surface area contributed by atoms with Crippen molar-refractivity contribution in [2.75, 3.05) is 6.61 Å². The summed E-state index contributed by atoms with van der Waals surface area (Å²) in [5, 5.41) is 8.78. The summed E-state index contributed by atoms with van der Waals surface area (Å²) in [7, 11) is 0. The van der Waals surface area contributed by atoms with E-state index >= 15 is 0 Å². The number of allylic oxidation sites excluding steroid dienone is 1. The summed E-state index contributed by atoms with van der Waals surface area (Å²) in [6.07, 6.45) is 17.0. The van der Waals surface area contributed by atoms with Gasteiger partial charge >= 0.3 is 0 Å². The molecular formula is C22H31NO. The van der Waals surface area contributed by atoms with E-state index in [-0.39, 0.29) is 0 Å². The molecule has 2 rings (SSSR count). The van der Waals surface area contributed by atoms with Gasteiger partial charge in [-0.05, 0) is 61.8 Å². The van der Waals surface area contributed by atoms with Crippen LogP contribution in [0.1, 0.15) is 70.3 Å². The molecule has 0 bridgehead atoms. The maximum absolute atomic E-state index is 8.78. The third-order valence-corrected chi connectivity index (χ3v) is 5.10. The lowest BCUT2D eigenvalue weighted by Crippen LogP contribution is -2.13. The predicted molar refractivity (Wildman–Crippen MR) is 100.0 cm³/mol. The first-order valence-corrected chi connectivity index (χ1v) is 9.61. The topological polar surface area (TPSA) is 33.0 Å². The summed E-state index contributed by atoms with van der Waals surface area (Å²) in [6.45, 7) is 2.89. The second-order valence-electron chi connectivity index (χ2n) is 7.01. The van der Waals surface area contributed by atoms with E-state index in [4.69, 9.17) is 10.00 Å². The van der Waals surface area contributed by atoms with Crippen LogP contribution in [0, 0.1) is 23.2 Å². The van der Waals surface area contributed by atoms with Gasteiger partial charge < -0.3 is 4.74 Å². The predicted octanol–water partition coefficient (Wildman–Crippen LogP) is 6.27. The number of hydrogen-bond acceptors (Lipinski definition) is 2. The van der Waals surface area contributed by atoms with E-state index in [0.29, 0.717) is 12.2 Å². The molecule has 1 aromatic carbocycles. The molecule has 0 radical (unpaired) electrons. The Morgan fingerprint density at radius 3 is 2.50 bits per heavy atom. The second kappa shape index (κ2) is 10.9. The standard InChI is InChI=1S/C22H31NO/c1-2-3-4-5-7-19-9-11-20(12-10-19)8-6-17-24-22-15-13-21(18-23)14-16-22/h6,8,13-16,19-20H,2-5,7,9-12,17H2,1H3/b8-6+. The number of ether oxygens (including phenoxy) is 1. The average Bonchev–Trinajstić information content (AvgIpc) is 2.64.